The first kappa shape index (κ1) is 11.1. The number of benzene rings is 1. The summed E-state index contributed by atoms with van der Waals surface area (Å²) in [5.41, 5.74) is 2.16. The third kappa shape index (κ3) is 2.81. The quantitative estimate of drug-likeness (QED) is 0.852. The molecule has 3 nitrogen and oxygen atoms in total. The fourth-order valence-electron chi connectivity index (χ4n) is 1.53. The van der Waals surface area contributed by atoms with Crippen molar-refractivity contribution >= 4 is 11.3 Å². The molecule has 2 aromatic rings. The van der Waals surface area contributed by atoms with Crippen molar-refractivity contribution in [3.63, 3.8) is 0 Å². The number of nitrogens with one attached hydrogen (secondary N) is 1. The first-order chi connectivity index (χ1) is 7.78. The summed E-state index contributed by atoms with van der Waals surface area (Å²) in [5, 5.41) is 15.6. The van der Waals surface area contributed by atoms with Crippen molar-refractivity contribution in [1.29, 1.82) is 0 Å². The lowest BCUT2D eigenvalue weighted by Crippen LogP contribution is -2.05. The summed E-state index contributed by atoms with van der Waals surface area (Å²) in [5.74, 6) is 0.310. The average Bonchev–Trinajstić information content (AvgIpc) is 2.66. The van der Waals surface area contributed by atoms with Gasteiger partial charge in [0, 0.05) is 18.3 Å². The molecular weight excluding hydrogens is 220 g/mol. The second-order valence-corrected chi connectivity index (χ2v) is 4.55. The van der Waals surface area contributed by atoms with Crippen molar-refractivity contribution in [2.75, 3.05) is 7.05 Å². The van der Waals surface area contributed by atoms with Crippen LogP contribution in [0.3, 0.4) is 0 Å². The first-order valence-corrected chi connectivity index (χ1v) is 6.01. The zero-order valence-electron chi connectivity index (χ0n) is 9.10. The number of aromatic hydroxyl groups is 1. The summed E-state index contributed by atoms with van der Waals surface area (Å²) in [7, 11) is 1.91. The number of rotatable bonds is 4. The van der Waals surface area contributed by atoms with E-state index >= 15 is 0 Å². The van der Waals surface area contributed by atoms with Gasteiger partial charge in [-0.05, 0) is 24.7 Å². The third-order valence-corrected chi connectivity index (χ3v) is 3.12. The molecular formula is C12H14N2OS. The molecule has 2 rings (SSSR count). The van der Waals surface area contributed by atoms with Crippen LogP contribution >= 0.6 is 11.3 Å². The largest absolute Gasteiger partial charge is 0.508 e. The fourth-order valence-corrected chi connectivity index (χ4v) is 2.36. The summed E-state index contributed by atoms with van der Waals surface area (Å²) in [6.45, 7) is 0.802. The molecule has 1 aromatic heterocycles. The molecule has 0 amide bonds. The van der Waals surface area contributed by atoms with Gasteiger partial charge in [0.05, 0.1) is 10.7 Å². The van der Waals surface area contributed by atoms with Gasteiger partial charge in [0.1, 0.15) is 5.75 Å². The zero-order chi connectivity index (χ0) is 11.4. The topological polar surface area (TPSA) is 45.1 Å². The molecule has 84 valence electrons. The number of nitrogens with zero attached hydrogens (tertiary/aromatic N) is 1. The minimum Gasteiger partial charge on any atom is -0.508 e. The Kier molecular flexibility index (Phi) is 3.54. The Morgan fingerprint density at radius 1 is 1.44 bits per heavy atom. The van der Waals surface area contributed by atoms with Gasteiger partial charge < -0.3 is 10.4 Å². The summed E-state index contributed by atoms with van der Waals surface area (Å²) < 4.78 is 0. The highest BCUT2D eigenvalue weighted by atomic mass is 32.1. The normalized spacial score (nSPS) is 10.6. The molecule has 0 aliphatic heterocycles. The highest BCUT2D eigenvalue weighted by Crippen LogP contribution is 2.17. The smallest absolute Gasteiger partial charge is 0.115 e. The molecule has 1 heterocycles. The van der Waals surface area contributed by atoms with Gasteiger partial charge in [-0.25, -0.2) is 4.98 Å². The second kappa shape index (κ2) is 5.09. The van der Waals surface area contributed by atoms with Crippen molar-refractivity contribution in [2.24, 2.45) is 0 Å². The van der Waals surface area contributed by atoms with Gasteiger partial charge in [-0.2, -0.15) is 0 Å². The van der Waals surface area contributed by atoms with Crippen molar-refractivity contribution in [2.45, 2.75) is 13.0 Å². The highest BCUT2D eigenvalue weighted by molar-refractivity contribution is 7.09. The summed E-state index contributed by atoms with van der Waals surface area (Å²) in [6.07, 6.45) is 0.781. The van der Waals surface area contributed by atoms with E-state index in [0.29, 0.717) is 5.75 Å². The Labute approximate surface area is 98.8 Å². The van der Waals surface area contributed by atoms with Crippen LogP contribution in [-0.2, 0) is 13.0 Å². The maximum Gasteiger partial charge on any atom is 0.115 e. The van der Waals surface area contributed by atoms with Crippen LogP contribution < -0.4 is 5.32 Å². The first-order valence-electron chi connectivity index (χ1n) is 5.13. The van der Waals surface area contributed by atoms with Gasteiger partial charge in [0.2, 0.25) is 0 Å². The molecule has 0 bridgehead atoms. The highest BCUT2D eigenvalue weighted by Gasteiger charge is 2.03. The summed E-state index contributed by atoms with van der Waals surface area (Å²) >= 11 is 1.66. The van der Waals surface area contributed by atoms with E-state index in [2.05, 4.69) is 15.7 Å². The van der Waals surface area contributed by atoms with Crippen LogP contribution in [-0.4, -0.2) is 17.1 Å². The minimum absolute atomic E-state index is 0.310. The number of thiazole rings is 1. The van der Waals surface area contributed by atoms with Gasteiger partial charge in [-0.15, -0.1) is 11.3 Å². The van der Waals surface area contributed by atoms with Crippen molar-refractivity contribution in [1.82, 2.24) is 10.3 Å². The van der Waals surface area contributed by atoms with Gasteiger partial charge in [-0.1, -0.05) is 12.1 Å². The Bertz CT molecular complexity index is 468. The number of phenolic OH excluding ortho intramolecular Hbond substituents is 1. The van der Waals surface area contributed by atoms with Crippen LogP contribution in [0.25, 0.3) is 0 Å². The lowest BCUT2D eigenvalue weighted by Gasteiger charge is -1.98. The molecule has 0 saturated carbocycles. The van der Waals surface area contributed by atoms with Crippen molar-refractivity contribution in [3.05, 3.63) is 45.9 Å². The molecule has 16 heavy (non-hydrogen) atoms. The van der Waals surface area contributed by atoms with Crippen LogP contribution in [0.2, 0.25) is 0 Å². The van der Waals surface area contributed by atoms with Gasteiger partial charge in [0.15, 0.2) is 0 Å². The molecule has 0 spiro atoms. The Morgan fingerprint density at radius 3 is 3.06 bits per heavy atom. The molecule has 0 aliphatic rings. The number of phenols is 1. The van der Waals surface area contributed by atoms with Gasteiger partial charge >= 0.3 is 0 Å². The predicted octanol–water partition coefficient (Wildman–Crippen LogP) is 2.16. The van der Waals surface area contributed by atoms with Crippen molar-refractivity contribution in [3.8, 4) is 5.75 Å². The van der Waals surface area contributed by atoms with Crippen LogP contribution in [0.5, 0.6) is 5.75 Å². The maximum atomic E-state index is 9.35. The molecule has 2 N–H and O–H groups in total. The van der Waals surface area contributed by atoms with E-state index in [4.69, 9.17) is 0 Å². The molecule has 4 heteroatoms. The lowest BCUT2D eigenvalue weighted by atomic mass is 10.1. The fraction of sp³-hybridized carbons (Fsp3) is 0.250. The molecule has 0 unspecified atom stereocenters. The Morgan fingerprint density at radius 2 is 2.31 bits per heavy atom. The molecule has 0 aliphatic carbocycles. The van der Waals surface area contributed by atoms with E-state index in [1.54, 1.807) is 23.5 Å². The van der Waals surface area contributed by atoms with Crippen molar-refractivity contribution < 1.29 is 5.11 Å². The number of hydrogen-bond acceptors (Lipinski definition) is 4. The summed E-state index contributed by atoms with van der Waals surface area (Å²) in [4.78, 5) is 4.50. The maximum absolute atomic E-state index is 9.35. The standard InChI is InChI=1S/C12H14N2OS/c1-13-7-10-8-16-12(14-10)6-9-3-2-4-11(15)5-9/h2-5,8,13,15H,6-7H2,1H3. The van der Waals surface area contributed by atoms with E-state index in [1.807, 2.05) is 19.2 Å². The molecule has 0 radical (unpaired) electrons. The molecule has 0 fully saturated rings. The van der Waals surface area contributed by atoms with E-state index in [9.17, 15) is 5.11 Å². The average molecular weight is 234 g/mol. The van der Waals surface area contributed by atoms with E-state index in [0.717, 1.165) is 29.2 Å². The number of hydrogen-bond donors (Lipinski definition) is 2. The molecule has 0 atom stereocenters. The Balaban J connectivity index is 2.08. The predicted molar refractivity (Wildman–Crippen MR) is 65.8 cm³/mol. The van der Waals surface area contributed by atoms with Crippen LogP contribution in [0.4, 0.5) is 0 Å². The second-order valence-electron chi connectivity index (χ2n) is 3.61. The summed E-state index contributed by atoms with van der Waals surface area (Å²) in [6, 6.07) is 7.31. The van der Waals surface area contributed by atoms with Crippen LogP contribution in [0, 0.1) is 0 Å². The number of aromatic nitrogens is 1. The van der Waals surface area contributed by atoms with E-state index in [-0.39, 0.29) is 0 Å². The molecule has 0 saturated heterocycles. The minimum atomic E-state index is 0.310. The van der Waals surface area contributed by atoms with Crippen LogP contribution in [0.15, 0.2) is 29.6 Å². The van der Waals surface area contributed by atoms with Gasteiger partial charge in [-0.3, -0.25) is 0 Å². The zero-order valence-corrected chi connectivity index (χ0v) is 9.92. The van der Waals surface area contributed by atoms with E-state index < -0.39 is 0 Å². The van der Waals surface area contributed by atoms with Gasteiger partial charge in [0.25, 0.3) is 0 Å². The lowest BCUT2D eigenvalue weighted by molar-refractivity contribution is 0.474. The SMILES string of the molecule is CNCc1csc(Cc2cccc(O)c2)n1. The molecule has 1 aromatic carbocycles. The third-order valence-electron chi connectivity index (χ3n) is 2.22. The van der Waals surface area contributed by atoms with E-state index in [1.165, 1.54) is 0 Å². The Hall–Kier alpha value is -1.39. The van der Waals surface area contributed by atoms with Crippen LogP contribution in [0.1, 0.15) is 16.3 Å². The monoisotopic (exact) mass is 234 g/mol.